The molecule has 2 nitrogen and oxygen atoms in total. The van der Waals surface area contributed by atoms with Crippen LogP contribution in [0.5, 0.6) is 0 Å². The van der Waals surface area contributed by atoms with Crippen LogP contribution in [0.25, 0.3) is 0 Å². The molecule has 0 fully saturated rings. The summed E-state index contributed by atoms with van der Waals surface area (Å²) in [6, 6.07) is 15.6. The van der Waals surface area contributed by atoms with Gasteiger partial charge in [0, 0.05) is 24.5 Å². The van der Waals surface area contributed by atoms with Crippen LogP contribution in [-0.2, 0) is 13.0 Å². The molecule has 0 saturated heterocycles. The van der Waals surface area contributed by atoms with Gasteiger partial charge in [-0.2, -0.15) is 0 Å². The number of hydrogen-bond donors (Lipinski definition) is 1. The van der Waals surface area contributed by atoms with E-state index in [0.717, 1.165) is 13.1 Å². The number of fused-ring (bicyclic) bond motifs is 1. The molecule has 2 aromatic carbocycles. The van der Waals surface area contributed by atoms with Crippen LogP contribution in [0.15, 0.2) is 42.5 Å². The molecule has 0 aliphatic carbocycles. The molecule has 104 valence electrons. The van der Waals surface area contributed by atoms with Gasteiger partial charge in [0.1, 0.15) is 0 Å². The summed E-state index contributed by atoms with van der Waals surface area (Å²) in [5.74, 6) is 0. The van der Waals surface area contributed by atoms with Crippen LogP contribution in [0.3, 0.4) is 0 Å². The predicted molar refractivity (Wildman–Crippen MR) is 85.7 cm³/mol. The molecule has 1 aliphatic rings. The maximum absolute atomic E-state index is 3.29. The normalized spacial score (nSPS) is 14.2. The molecule has 1 N–H and O–H groups in total. The minimum absolute atomic E-state index is 0.912. The lowest BCUT2D eigenvalue weighted by Gasteiger charge is -2.33. The third-order valence-corrected chi connectivity index (χ3v) is 4.00. The average molecular weight is 266 g/mol. The molecule has 1 aliphatic heterocycles. The van der Waals surface area contributed by atoms with E-state index in [2.05, 4.69) is 59.6 Å². The van der Waals surface area contributed by atoms with Crippen molar-refractivity contribution in [3.63, 3.8) is 0 Å². The summed E-state index contributed by atoms with van der Waals surface area (Å²) in [5, 5.41) is 3.29. The third kappa shape index (κ3) is 2.44. The Morgan fingerprint density at radius 1 is 1.10 bits per heavy atom. The van der Waals surface area contributed by atoms with Crippen LogP contribution in [0, 0.1) is 6.92 Å². The molecule has 20 heavy (non-hydrogen) atoms. The van der Waals surface area contributed by atoms with E-state index in [1.165, 1.54) is 40.9 Å². The number of anilines is 2. The summed E-state index contributed by atoms with van der Waals surface area (Å²) in [7, 11) is 2.01. The van der Waals surface area contributed by atoms with Gasteiger partial charge in [-0.3, -0.25) is 0 Å². The molecule has 0 bridgehead atoms. The Kier molecular flexibility index (Phi) is 3.75. The number of para-hydroxylation sites is 1. The summed E-state index contributed by atoms with van der Waals surface area (Å²) in [5.41, 5.74) is 6.89. The first-order chi connectivity index (χ1) is 9.79. The topological polar surface area (TPSA) is 15.3 Å². The Bertz CT molecular complexity index is 604. The highest BCUT2D eigenvalue weighted by Crippen LogP contribution is 2.35. The molecule has 0 unspecified atom stereocenters. The minimum atomic E-state index is 0.912. The zero-order valence-electron chi connectivity index (χ0n) is 12.3. The number of aryl methyl sites for hydroxylation is 2. The Balaban J connectivity index is 2.06. The van der Waals surface area contributed by atoms with Crippen molar-refractivity contribution in [1.82, 2.24) is 5.32 Å². The highest BCUT2D eigenvalue weighted by Gasteiger charge is 2.19. The van der Waals surface area contributed by atoms with Gasteiger partial charge in [-0.05, 0) is 50.1 Å². The fourth-order valence-electron chi connectivity index (χ4n) is 3.09. The SMILES string of the molecule is CNCc1cc(C)ccc1N1CCCc2ccccc21. The summed E-state index contributed by atoms with van der Waals surface area (Å²) in [6.07, 6.45) is 2.42. The van der Waals surface area contributed by atoms with Crippen molar-refractivity contribution in [3.05, 3.63) is 59.2 Å². The summed E-state index contributed by atoms with van der Waals surface area (Å²) in [6.45, 7) is 4.18. The van der Waals surface area contributed by atoms with Crippen LogP contribution >= 0.6 is 0 Å². The smallest absolute Gasteiger partial charge is 0.0456 e. The van der Waals surface area contributed by atoms with Gasteiger partial charge in [0.15, 0.2) is 0 Å². The fourth-order valence-corrected chi connectivity index (χ4v) is 3.09. The van der Waals surface area contributed by atoms with Crippen LogP contribution in [-0.4, -0.2) is 13.6 Å². The Morgan fingerprint density at radius 3 is 2.80 bits per heavy atom. The highest BCUT2D eigenvalue weighted by atomic mass is 15.1. The molecule has 0 aromatic heterocycles. The molecule has 1 heterocycles. The van der Waals surface area contributed by atoms with Crippen LogP contribution in [0.1, 0.15) is 23.1 Å². The van der Waals surface area contributed by atoms with E-state index in [-0.39, 0.29) is 0 Å². The Labute approximate surface area is 121 Å². The van der Waals surface area contributed by atoms with Gasteiger partial charge in [-0.1, -0.05) is 35.9 Å². The first-order valence-corrected chi connectivity index (χ1v) is 7.39. The Morgan fingerprint density at radius 2 is 1.95 bits per heavy atom. The zero-order valence-corrected chi connectivity index (χ0v) is 12.3. The molecule has 2 aromatic rings. The molecular weight excluding hydrogens is 244 g/mol. The van der Waals surface area contributed by atoms with E-state index in [4.69, 9.17) is 0 Å². The monoisotopic (exact) mass is 266 g/mol. The van der Waals surface area contributed by atoms with Gasteiger partial charge in [0.05, 0.1) is 0 Å². The minimum Gasteiger partial charge on any atom is -0.341 e. The number of hydrogen-bond acceptors (Lipinski definition) is 2. The van der Waals surface area contributed by atoms with Gasteiger partial charge in [0.2, 0.25) is 0 Å². The molecule has 0 saturated carbocycles. The standard InChI is InChI=1S/C18H22N2/c1-14-9-10-18(16(12-14)13-19-2)20-11-5-7-15-6-3-4-8-17(15)20/h3-4,6,8-10,12,19H,5,7,11,13H2,1-2H3. The van der Waals surface area contributed by atoms with Crippen LogP contribution < -0.4 is 10.2 Å². The first kappa shape index (κ1) is 13.2. The van der Waals surface area contributed by atoms with Gasteiger partial charge < -0.3 is 10.2 Å². The molecule has 0 amide bonds. The molecule has 0 radical (unpaired) electrons. The van der Waals surface area contributed by atoms with Crippen molar-refractivity contribution in [2.24, 2.45) is 0 Å². The van der Waals surface area contributed by atoms with Gasteiger partial charge >= 0.3 is 0 Å². The molecule has 0 spiro atoms. The molecule has 0 atom stereocenters. The van der Waals surface area contributed by atoms with E-state index in [9.17, 15) is 0 Å². The number of nitrogens with one attached hydrogen (secondary N) is 1. The molecular formula is C18H22N2. The van der Waals surface area contributed by atoms with Crippen molar-refractivity contribution in [3.8, 4) is 0 Å². The van der Waals surface area contributed by atoms with Crippen molar-refractivity contribution < 1.29 is 0 Å². The zero-order chi connectivity index (χ0) is 13.9. The lowest BCUT2D eigenvalue weighted by atomic mass is 9.99. The van der Waals surface area contributed by atoms with Crippen LogP contribution in [0.4, 0.5) is 11.4 Å². The summed E-state index contributed by atoms with van der Waals surface area (Å²) in [4.78, 5) is 2.48. The van der Waals surface area contributed by atoms with Crippen molar-refractivity contribution >= 4 is 11.4 Å². The van der Waals surface area contributed by atoms with Crippen LogP contribution in [0.2, 0.25) is 0 Å². The van der Waals surface area contributed by atoms with Crippen molar-refractivity contribution in [2.45, 2.75) is 26.3 Å². The fraction of sp³-hybridized carbons (Fsp3) is 0.333. The number of nitrogens with zero attached hydrogens (tertiary/aromatic N) is 1. The van der Waals surface area contributed by atoms with E-state index >= 15 is 0 Å². The van der Waals surface area contributed by atoms with Gasteiger partial charge in [-0.15, -0.1) is 0 Å². The summed E-state index contributed by atoms with van der Waals surface area (Å²) < 4.78 is 0. The largest absolute Gasteiger partial charge is 0.341 e. The lowest BCUT2D eigenvalue weighted by Crippen LogP contribution is -2.26. The predicted octanol–water partition coefficient (Wildman–Crippen LogP) is 3.80. The van der Waals surface area contributed by atoms with Gasteiger partial charge in [0.25, 0.3) is 0 Å². The molecule has 3 rings (SSSR count). The maximum atomic E-state index is 3.29. The first-order valence-electron chi connectivity index (χ1n) is 7.39. The second kappa shape index (κ2) is 5.68. The average Bonchev–Trinajstić information content (AvgIpc) is 2.47. The van der Waals surface area contributed by atoms with E-state index in [1.807, 2.05) is 7.05 Å². The highest BCUT2D eigenvalue weighted by molar-refractivity contribution is 5.70. The number of benzene rings is 2. The second-order valence-electron chi connectivity index (χ2n) is 5.55. The Hall–Kier alpha value is -1.80. The van der Waals surface area contributed by atoms with E-state index in [1.54, 1.807) is 0 Å². The third-order valence-electron chi connectivity index (χ3n) is 4.00. The summed E-state index contributed by atoms with van der Waals surface area (Å²) >= 11 is 0. The van der Waals surface area contributed by atoms with E-state index < -0.39 is 0 Å². The van der Waals surface area contributed by atoms with Crippen molar-refractivity contribution in [1.29, 1.82) is 0 Å². The van der Waals surface area contributed by atoms with E-state index in [0.29, 0.717) is 0 Å². The maximum Gasteiger partial charge on any atom is 0.0456 e. The lowest BCUT2D eigenvalue weighted by molar-refractivity contribution is 0.755. The molecule has 2 heteroatoms. The van der Waals surface area contributed by atoms with Gasteiger partial charge in [-0.25, -0.2) is 0 Å². The quantitative estimate of drug-likeness (QED) is 0.909. The second-order valence-corrected chi connectivity index (χ2v) is 5.55. The number of rotatable bonds is 3. The van der Waals surface area contributed by atoms with Crippen molar-refractivity contribution in [2.75, 3.05) is 18.5 Å².